The van der Waals surface area contributed by atoms with Crippen molar-refractivity contribution in [2.24, 2.45) is 0 Å². The lowest BCUT2D eigenvalue weighted by atomic mass is 10.2. The molecule has 7 heteroatoms. The van der Waals surface area contributed by atoms with Gasteiger partial charge in [-0.25, -0.2) is 4.39 Å². The number of rotatable bonds is 1. The number of amides is 1. The zero-order valence-electron chi connectivity index (χ0n) is 14.2. The third-order valence-electron chi connectivity index (χ3n) is 4.26. The lowest BCUT2D eigenvalue weighted by Crippen LogP contribution is -2.38. The summed E-state index contributed by atoms with van der Waals surface area (Å²) in [5.74, 6) is 6.57. The summed E-state index contributed by atoms with van der Waals surface area (Å²) in [5, 5.41) is 8.77. The van der Waals surface area contributed by atoms with Crippen molar-refractivity contribution in [3.8, 4) is 11.8 Å². The van der Waals surface area contributed by atoms with E-state index in [0.717, 1.165) is 0 Å². The van der Waals surface area contributed by atoms with Crippen LogP contribution < -0.4 is 0 Å². The maximum absolute atomic E-state index is 13.2. The van der Waals surface area contributed by atoms with Crippen LogP contribution in [0.15, 0.2) is 48.5 Å². The molecule has 0 saturated heterocycles. The normalized spacial score (nSPS) is 12.9. The van der Waals surface area contributed by atoms with Crippen molar-refractivity contribution in [2.75, 3.05) is 6.54 Å². The molecule has 1 amide bonds. The van der Waals surface area contributed by atoms with E-state index in [1.807, 2.05) is 4.57 Å². The fourth-order valence-corrected chi connectivity index (χ4v) is 3.11. The Hall–Kier alpha value is -3.17. The van der Waals surface area contributed by atoms with Crippen LogP contribution in [0.25, 0.3) is 0 Å². The second-order valence-electron chi connectivity index (χ2n) is 6.09. The van der Waals surface area contributed by atoms with Crippen LogP contribution in [0.3, 0.4) is 0 Å². The first kappa shape index (κ1) is 17.3. The van der Waals surface area contributed by atoms with Crippen LogP contribution >= 0.6 is 11.6 Å². The van der Waals surface area contributed by atoms with E-state index in [-0.39, 0.29) is 11.7 Å². The molecule has 5 nitrogen and oxygen atoms in total. The molecule has 0 saturated carbocycles. The largest absolute Gasteiger partial charge is 0.329 e. The van der Waals surface area contributed by atoms with Gasteiger partial charge in [-0.3, -0.25) is 4.79 Å². The van der Waals surface area contributed by atoms with E-state index in [2.05, 4.69) is 22.0 Å². The first-order valence-corrected chi connectivity index (χ1v) is 8.72. The minimum absolute atomic E-state index is 0.0980. The SMILES string of the molecule is O=C(c1cccc(Cl)c1)N1CCn2c(C#Cc3cccc(F)c3)nnc2C1. The van der Waals surface area contributed by atoms with E-state index in [1.165, 1.54) is 12.1 Å². The number of aromatic nitrogens is 3. The summed E-state index contributed by atoms with van der Waals surface area (Å²) in [6, 6.07) is 13.0. The Morgan fingerprint density at radius 2 is 1.93 bits per heavy atom. The number of nitrogens with zero attached hydrogens (tertiary/aromatic N) is 4. The van der Waals surface area contributed by atoms with Gasteiger partial charge in [-0.1, -0.05) is 29.7 Å². The Morgan fingerprint density at radius 1 is 1.07 bits per heavy atom. The Labute approximate surface area is 160 Å². The van der Waals surface area contributed by atoms with Gasteiger partial charge in [0.1, 0.15) is 5.82 Å². The number of carbonyl (C=O) groups is 1. The molecule has 1 aromatic heterocycles. The maximum Gasteiger partial charge on any atom is 0.254 e. The average molecular weight is 381 g/mol. The van der Waals surface area contributed by atoms with E-state index in [4.69, 9.17) is 11.6 Å². The van der Waals surface area contributed by atoms with E-state index >= 15 is 0 Å². The summed E-state index contributed by atoms with van der Waals surface area (Å²) in [6.07, 6.45) is 0. The van der Waals surface area contributed by atoms with Gasteiger partial charge < -0.3 is 9.47 Å². The highest BCUT2D eigenvalue weighted by Crippen LogP contribution is 2.17. The van der Waals surface area contributed by atoms with Gasteiger partial charge >= 0.3 is 0 Å². The second kappa shape index (κ2) is 7.22. The van der Waals surface area contributed by atoms with Gasteiger partial charge in [0.05, 0.1) is 6.54 Å². The van der Waals surface area contributed by atoms with Crippen LogP contribution in [-0.2, 0) is 13.1 Å². The summed E-state index contributed by atoms with van der Waals surface area (Å²) < 4.78 is 15.1. The highest BCUT2D eigenvalue weighted by Gasteiger charge is 2.24. The van der Waals surface area contributed by atoms with Crippen LogP contribution in [-0.4, -0.2) is 32.1 Å². The molecule has 0 spiro atoms. The molecule has 0 bridgehead atoms. The van der Waals surface area contributed by atoms with Gasteiger partial charge in [-0.2, -0.15) is 0 Å². The summed E-state index contributed by atoms with van der Waals surface area (Å²) in [4.78, 5) is 14.4. The number of hydrogen-bond acceptors (Lipinski definition) is 3. The van der Waals surface area contributed by atoms with Gasteiger partial charge in [0.2, 0.25) is 5.82 Å². The Bertz CT molecular complexity index is 1080. The molecule has 2 aromatic carbocycles. The average Bonchev–Trinajstić information content (AvgIpc) is 3.08. The maximum atomic E-state index is 13.2. The van der Waals surface area contributed by atoms with Crippen LogP contribution in [0.1, 0.15) is 27.6 Å². The van der Waals surface area contributed by atoms with Gasteiger partial charge in [-0.15, -0.1) is 10.2 Å². The molecule has 0 radical (unpaired) electrons. The van der Waals surface area contributed by atoms with Crippen LogP contribution in [0.2, 0.25) is 5.02 Å². The molecule has 4 rings (SSSR count). The van der Waals surface area contributed by atoms with E-state index in [1.54, 1.807) is 41.3 Å². The summed E-state index contributed by atoms with van der Waals surface area (Å²) in [6.45, 7) is 1.41. The fourth-order valence-electron chi connectivity index (χ4n) is 2.92. The topological polar surface area (TPSA) is 51.0 Å². The lowest BCUT2D eigenvalue weighted by Gasteiger charge is -2.27. The van der Waals surface area contributed by atoms with Crippen molar-refractivity contribution in [2.45, 2.75) is 13.1 Å². The quantitative estimate of drug-likeness (QED) is 0.609. The Kier molecular flexibility index (Phi) is 4.61. The number of fused-ring (bicyclic) bond motifs is 1. The smallest absolute Gasteiger partial charge is 0.254 e. The molecule has 3 aromatic rings. The van der Waals surface area contributed by atoms with E-state index < -0.39 is 0 Å². The molecule has 0 N–H and O–H groups in total. The first-order chi connectivity index (χ1) is 13.1. The molecule has 1 aliphatic rings. The fraction of sp³-hybridized carbons (Fsp3) is 0.150. The molecule has 134 valence electrons. The standard InChI is InChI=1S/C20H14ClFN4O/c21-16-5-2-4-15(12-16)20(27)25-9-10-26-18(23-24-19(26)13-25)8-7-14-3-1-6-17(22)11-14/h1-6,11-12H,9-10,13H2. The van der Waals surface area contributed by atoms with Crippen molar-refractivity contribution < 1.29 is 9.18 Å². The molecule has 0 unspecified atom stereocenters. The molecule has 27 heavy (non-hydrogen) atoms. The predicted octanol–water partition coefficient (Wildman–Crippen LogP) is 3.13. The van der Waals surface area contributed by atoms with E-state index in [9.17, 15) is 9.18 Å². The van der Waals surface area contributed by atoms with Crippen LogP contribution in [0.4, 0.5) is 4.39 Å². The van der Waals surface area contributed by atoms with Gasteiger partial charge in [0.15, 0.2) is 5.82 Å². The van der Waals surface area contributed by atoms with Crippen LogP contribution in [0, 0.1) is 17.7 Å². The lowest BCUT2D eigenvalue weighted by molar-refractivity contribution is 0.0707. The third-order valence-corrected chi connectivity index (χ3v) is 4.49. The number of benzene rings is 2. The van der Waals surface area contributed by atoms with Crippen molar-refractivity contribution in [3.63, 3.8) is 0 Å². The molecule has 0 fully saturated rings. The van der Waals surface area contributed by atoms with Crippen molar-refractivity contribution in [3.05, 3.63) is 82.1 Å². The zero-order chi connectivity index (χ0) is 18.8. The second-order valence-corrected chi connectivity index (χ2v) is 6.53. The minimum atomic E-state index is -0.333. The van der Waals surface area contributed by atoms with Crippen molar-refractivity contribution in [1.82, 2.24) is 19.7 Å². The number of halogens is 2. The molecular formula is C20H14ClFN4O. The summed E-state index contributed by atoms with van der Waals surface area (Å²) in [5.41, 5.74) is 1.11. The first-order valence-electron chi connectivity index (χ1n) is 8.35. The summed E-state index contributed by atoms with van der Waals surface area (Å²) in [7, 11) is 0. The van der Waals surface area contributed by atoms with Crippen molar-refractivity contribution >= 4 is 17.5 Å². The number of hydrogen-bond donors (Lipinski definition) is 0. The predicted molar refractivity (Wildman–Crippen MR) is 98.6 cm³/mol. The van der Waals surface area contributed by atoms with Gasteiger partial charge in [0, 0.05) is 29.2 Å². The van der Waals surface area contributed by atoms with Crippen molar-refractivity contribution in [1.29, 1.82) is 0 Å². The molecular weight excluding hydrogens is 367 g/mol. The Morgan fingerprint density at radius 3 is 2.74 bits per heavy atom. The van der Waals surface area contributed by atoms with Crippen LogP contribution in [0.5, 0.6) is 0 Å². The highest BCUT2D eigenvalue weighted by atomic mass is 35.5. The Balaban J connectivity index is 1.53. The molecule has 2 heterocycles. The molecule has 0 atom stereocenters. The van der Waals surface area contributed by atoms with E-state index in [0.29, 0.717) is 47.4 Å². The van der Waals surface area contributed by atoms with Gasteiger partial charge in [-0.05, 0) is 42.3 Å². The zero-order valence-corrected chi connectivity index (χ0v) is 14.9. The third kappa shape index (κ3) is 3.69. The molecule has 1 aliphatic heterocycles. The monoisotopic (exact) mass is 380 g/mol. The summed E-state index contributed by atoms with van der Waals surface area (Å²) >= 11 is 5.97. The molecule has 0 aliphatic carbocycles. The van der Waals surface area contributed by atoms with Gasteiger partial charge in [0.25, 0.3) is 5.91 Å². The minimum Gasteiger partial charge on any atom is -0.329 e. The number of carbonyl (C=O) groups excluding carboxylic acids is 1. The highest BCUT2D eigenvalue weighted by molar-refractivity contribution is 6.30.